The maximum Gasteiger partial charge on any atom is 0.139 e. The highest BCUT2D eigenvalue weighted by Gasteiger charge is 2.21. The van der Waals surface area contributed by atoms with E-state index in [1.165, 1.54) is 11.1 Å². The van der Waals surface area contributed by atoms with Gasteiger partial charge in [0, 0.05) is 31.1 Å². The topological polar surface area (TPSA) is 54.4 Å². The Kier molecular flexibility index (Phi) is 5.27. The number of hydrogen-bond acceptors (Lipinski definition) is 4. The smallest absolute Gasteiger partial charge is 0.139 e. The molecule has 0 aliphatic carbocycles. The number of benzene rings is 1. The van der Waals surface area contributed by atoms with E-state index in [4.69, 9.17) is 0 Å². The van der Waals surface area contributed by atoms with E-state index in [-0.39, 0.29) is 11.7 Å². The van der Waals surface area contributed by atoms with Crippen LogP contribution in [0.4, 0.5) is 0 Å². The number of hydrogen-bond donors (Lipinski definition) is 1. The van der Waals surface area contributed by atoms with E-state index in [0.29, 0.717) is 19.4 Å². The van der Waals surface area contributed by atoms with Crippen LogP contribution in [0.25, 0.3) is 0 Å². The third-order valence-corrected chi connectivity index (χ3v) is 4.82. The Bertz CT molecular complexity index is 796. The molecule has 1 aliphatic rings. The summed E-state index contributed by atoms with van der Waals surface area (Å²) in [7, 11) is 0. The summed E-state index contributed by atoms with van der Waals surface area (Å²) in [5.41, 5.74) is 5.48. The van der Waals surface area contributed by atoms with Gasteiger partial charge in [-0.2, -0.15) is 0 Å². The molecule has 1 aromatic carbocycles. The van der Waals surface area contributed by atoms with Crippen LogP contribution in [0.2, 0.25) is 0 Å². The molecule has 0 radical (unpaired) electrons. The lowest BCUT2D eigenvalue weighted by atomic mass is 9.93. The van der Waals surface area contributed by atoms with E-state index in [1.54, 1.807) is 0 Å². The number of carbonyl (C=O) groups excluding carboxylic acids is 1. The SMILES string of the molecule is CCNC1=NCc2c1cnc(CC(=O)C[C@H](C)c1ccccc1)c2C. The molecule has 3 rings (SSSR count). The summed E-state index contributed by atoms with van der Waals surface area (Å²) in [6.45, 7) is 7.73. The van der Waals surface area contributed by atoms with Gasteiger partial charge in [0.15, 0.2) is 0 Å². The van der Waals surface area contributed by atoms with Crippen molar-refractivity contribution in [3.8, 4) is 0 Å². The van der Waals surface area contributed by atoms with Gasteiger partial charge in [-0.3, -0.25) is 14.8 Å². The molecular formula is C21H25N3O. The van der Waals surface area contributed by atoms with Gasteiger partial charge in [0.2, 0.25) is 0 Å². The number of nitrogens with one attached hydrogen (secondary N) is 1. The monoisotopic (exact) mass is 335 g/mol. The second-order valence-electron chi connectivity index (χ2n) is 6.65. The normalized spacial score (nSPS) is 14.0. The summed E-state index contributed by atoms with van der Waals surface area (Å²) in [6.07, 6.45) is 2.80. The summed E-state index contributed by atoms with van der Waals surface area (Å²) in [5.74, 6) is 1.38. The Labute approximate surface area is 149 Å². The fraction of sp³-hybridized carbons (Fsp3) is 0.381. The number of carbonyl (C=O) groups is 1. The van der Waals surface area contributed by atoms with Gasteiger partial charge in [0.05, 0.1) is 12.2 Å². The number of aliphatic imine (C=N–C) groups is 1. The predicted molar refractivity (Wildman–Crippen MR) is 101 cm³/mol. The summed E-state index contributed by atoms with van der Waals surface area (Å²) in [4.78, 5) is 21.6. The van der Waals surface area contributed by atoms with E-state index >= 15 is 0 Å². The average Bonchev–Trinajstić information content (AvgIpc) is 3.02. The molecule has 130 valence electrons. The van der Waals surface area contributed by atoms with Crippen LogP contribution in [-0.2, 0) is 17.8 Å². The number of nitrogens with zero attached hydrogens (tertiary/aromatic N) is 2. The average molecular weight is 335 g/mol. The van der Waals surface area contributed by atoms with Crippen LogP contribution in [-0.4, -0.2) is 23.1 Å². The van der Waals surface area contributed by atoms with E-state index in [1.807, 2.05) is 24.4 Å². The van der Waals surface area contributed by atoms with Crippen LogP contribution in [0.5, 0.6) is 0 Å². The first-order valence-corrected chi connectivity index (χ1v) is 8.92. The molecule has 1 N–H and O–H groups in total. The van der Waals surface area contributed by atoms with Gasteiger partial charge in [-0.05, 0) is 36.5 Å². The maximum atomic E-state index is 12.5. The minimum Gasteiger partial charge on any atom is -0.370 e. The largest absolute Gasteiger partial charge is 0.370 e. The first-order valence-electron chi connectivity index (χ1n) is 8.92. The van der Waals surface area contributed by atoms with Crippen LogP contribution in [0.1, 0.15) is 54.1 Å². The van der Waals surface area contributed by atoms with Crippen molar-refractivity contribution in [2.45, 2.75) is 46.1 Å². The van der Waals surface area contributed by atoms with Crippen molar-refractivity contribution < 1.29 is 4.79 Å². The van der Waals surface area contributed by atoms with Gasteiger partial charge in [-0.1, -0.05) is 37.3 Å². The lowest BCUT2D eigenvalue weighted by molar-refractivity contribution is -0.118. The van der Waals surface area contributed by atoms with Crippen LogP contribution in [0, 0.1) is 6.92 Å². The Balaban J connectivity index is 1.69. The highest BCUT2D eigenvalue weighted by atomic mass is 16.1. The van der Waals surface area contributed by atoms with Gasteiger partial charge in [-0.15, -0.1) is 0 Å². The summed E-state index contributed by atoms with van der Waals surface area (Å²) >= 11 is 0. The molecule has 1 atom stereocenters. The number of Topliss-reactive ketones (excluding diaryl/α,β-unsaturated/α-hetero) is 1. The van der Waals surface area contributed by atoms with Crippen molar-refractivity contribution in [1.82, 2.24) is 10.3 Å². The van der Waals surface area contributed by atoms with E-state index in [9.17, 15) is 4.79 Å². The fourth-order valence-corrected chi connectivity index (χ4v) is 3.34. The molecule has 0 fully saturated rings. The second kappa shape index (κ2) is 7.60. The van der Waals surface area contributed by atoms with Gasteiger partial charge < -0.3 is 5.32 Å². The first-order chi connectivity index (χ1) is 12.1. The van der Waals surface area contributed by atoms with Crippen molar-refractivity contribution >= 4 is 11.6 Å². The molecule has 2 aromatic rings. The molecule has 0 bridgehead atoms. The van der Waals surface area contributed by atoms with Crippen molar-refractivity contribution in [3.63, 3.8) is 0 Å². The molecule has 0 saturated carbocycles. The maximum absolute atomic E-state index is 12.5. The van der Waals surface area contributed by atoms with Crippen LogP contribution < -0.4 is 5.32 Å². The molecular weight excluding hydrogens is 310 g/mol. The van der Waals surface area contributed by atoms with E-state index in [0.717, 1.165) is 29.2 Å². The molecule has 4 heteroatoms. The molecule has 4 nitrogen and oxygen atoms in total. The van der Waals surface area contributed by atoms with E-state index < -0.39 is 0 Å². The third kappa shape index (κ3) is 3.78. The molecule has 0 unspecified atom stereocenters. The quantitative estimate of drug-likeness (QED) is 0.878. The number of rotatable bonds is 6. The zero-order chi connectivity index (χ0) is 17.8. The predicted octanol–water partition coefficient (Wildman–Crippen LogP) is 3.57. The Morgan fingerprint density at radius 2 is 2.04 bits per heavy atom. The summed E-state index contributed by atoms with van der Waals surface area (Å²) in [6, 6.07) is 10.2. The number of ketones is 1. The van der Waals surface area contributed by atoms with Crippen molar-refractivity contribution in [1.29, 1.82) is 0 Å². The summed E-state index contributed by atoms with van der Waals surface area (Å²) in [5, 5.41) is 3.28. The Morgan fingerprint density at radius 3 is 2.76 bits per heavy atom. The zero-order valence-corrected chi connectivity index (χ0v) is 15.2. The summed E-state index contributed by atoms with van der Waals surface area (Å²) < 4.78 is 0. The molecule has 0 amide bonds. The highest BCUT2D eigenvalue weighted by Crippen LogP contribution is 2.25. The molecule has 0 spiro atoms. The van der Waals surface area contributed by atoms with Crippen molar-refractivity contribution in [2.75, 3.05) is 6.54 Å². The standard InChI is InChI=1S/C21H25N3O/c1-4-22-21-19-13-23-20(15(3)18(19)12-24-21)11-17(25)10-14(2)16-8-6-5-7-9-16/h5-9,13-14H,4,10-12H2,1-3H3,(H,22,24)/t14-/m0/s1. The van der Waals surface area contributed by atoms with Gasteiger partial charge in [0.1, 0.15) is 11.6 Å². The lowest BCUT2D eigenvalue weighted by Gasteiger charge is -2.13. The lowest BCUT2D eigenvalue weighted by Crippen LogP contribution is -2.23. The number of pyridine rings is 1. The number of fused-ring (bicyclic) bond motifs is 1. The number of aromatic nitrogens is 1. The highest BCUT2D eigenvalue weighted by molar-refractivity contribution is 6.02. The van der Waals surface area contributed by atoms with Gasteiger partial charge in [-0.25, -0.2) is 0 Å². The minimum atomic E-state index is 0.229. The zero-order valence-electron chi connectivity index (χ0n) is 15.2. The second-order valence-corrected chi connectivity index (χ2v) is 6.65. The van der Waals surface area contributed by atoms with Crippen LogP contribution >= 0.6 is 0 Å². The number of amidine groups is 1. The van der Waals surface area contributed by atoms with E-state index in [2.05, 4.69) is 48.2 Å². The Morgan fingerprint density at radius 1 is 1.28 bits per heavy atom. The third-order valence-electron chi connectivity index (χ3n) is 4.82. The van der Waals surface area contributed by atoms with Crippen molar-refractivity contribution in [2.24, 2.45) is 4.99 Å². The Hall–Kier alpha value is -2.49. The van der Waals surface area contributed by atoms with Gasteiger partial charge in [0.25, 0.3) is 0 Å². The molecule has 1 aromatic heterocycles. The molecule has 1 aliphatic heterocycles. The van der Waals surface area contributed by atoms with Crippen LogP contribution in [0.15, 0.2) is 41.5 Å². The van der Waals surface area contributed by atoms with Crippen LogP contribution in [0.3, 0.4) is 0 Å². The molecule has 25 heavy (non-hydrogen) atoms. The molecule has 0 saturated heterocycles. The molecule has 2 heterocycles. The minimum absolute atomic E-state index is 0.229. The van der Waals surface area contributed by atoms with Crippen molar-refractivity contribution in [3.05, 3.63) is 64.5 Å². The van der Waals surface area contributed by atoms with Gasteiger partial charge >= 0.3 is 0 Å². The first kappa shape index (κ1) is 17.3. The fourth-order valence-electron chi connectivity index (χ4n) is 3.34.